The van der Waals surface area contributed by atoms with Crippen LogP contribution in [0.25, 0.3) is 5.52 Å². The number of hydrogen-bond acceptors (Lipinski definition) is 6. The second kappa shape index (κ2) is 9.13. The van der Waals surface area contributed by atoms with Crippen molar-refractivity contribution in [3.8, 4) is 0 Å². The molecule has 3 aromatic heterocycles. The van der Waals surface area contributed by atoms with Crippen LogP contribution in [-0.2, 0) is 17.4 Å². The monoisotopic (exact) mass is 502 g/mol. The van der Waals surface area contributed by atoms with Crippen molar-refractivity contribution in [3.05, 3.63) is 65.2 Å². The fourth-order valence-corrected chi connectivity index (χ4v) is 4.15. The number of carbonyl (C=O) groups is 1. The normalized spacial score (nSPS) is 14.5. The number of hydrogen-bond donors (Lipinski definition) is 2. The van der Waals surface area contributed by atoms with Gasteiger partial charge in [0.1, 0.15) is 11.3 Å². The summed E-state index contributed by atoms with van der Waals surface area (Å²) in [5, 5.41) is 14.8. The third kappa shape index (κ3) is 4.81. The lowest BCUT2D eigenvalue weighted by atomic mass is 10.0. The lowest BCUT2D eigenvalue weighted by molar-refractivity contribution is -0.139. The summed E-state index contributed by atoms with van der Waals surface area (Å²) in [6, 6.07) is 7.92. The Balaban J connectivity index is 1.29. The van der Waals surface area contributed by atoms with Crippen LogP contribution in [0.4, 0.5) is 35.1 Å². The molecule has 0 bridgehead atoms. The van der Waals surface area contributed by atoms with E-state index in [2.05, 4.69) is 25.6 Å². The highest BCUT2D eigenvalue weighted by molar-refractivity contribution is 5.79. The molecular formula is C23H22F4N8O. The highest BCUT2D eigenvalue weighted by atomic mass is 19.4. The maximum Gasteiger partial charge on any atom is 0.416 e. The van der Waals surface area contributed by atoms with Gasteiger partial charge in [0.2, 0.25) is 11.9 Å². The van der Waals surface area contributed by atoms with Crippen molar-refractivity contribution in [2.45, 2.75) is 19.5 Å². The van der Waals surface area contributed by atoms with Gasteiger partial charge in [0, 0.05) is 44.1 Å². The number of fused-ring (bicyclic) bond motifs is 1. The maximum atomic E-state index is 13.4. The predicted octanol–water partition coefficient (Wildman–Crippen LogP) is 3.55. The molecule has 1 saturated heterocycles. The maximum absolute atomic E-state index is 13.4. The van der Waals surface area contributed by atoms with Gasteiger partial charge < -0.3 is 15.1 Å². The number of benzene rings is 1. The van der Waals surface area contributed by atoms with Crippen molar-refractivity contribution in [2.24, 2.45) is 0 Å². The number of alkyl halides is 3. The molecule has 0 aliphatic carbocycles. The molecule has 4 heterocycles. The number of rotatable bonds is 5. The van der Waals surface area contributed by atoms with Crippen LogP contribution < -0.4 is 10.2 Å². The first-order valence-electron chi connectivity index (χ1n) is 11.2. The van der Waals surface area contributed by atoms with E-state index >= 15 is 0 Å². The highest BCUT2D eigenvalue weighted by Crippen LogP contribution is 2.33. The number of piperazine rings is 1. The zero-order chi connectivity index (χ0) is 25.4. The number of carbonyl (C=O) groups excluding carboxylic acids is 1. The molecule has 4 aromatic rings. The van der Waals surface area contributed by atoms with Gasteiger partial charge >= 0.3 is 6.18 Å². The minimum Gasteiger partial charge on any atom is -0.339 e. The van der Waals surface area contributed by atoms with Crippen molar-refractivity contribution < 1.29 is 22.4 Å². The van der Waals surface area contributed by atoms with Gasteiger partial charge in [0.25, 0.3) is 0 Å². The number of nitrogens with one attached hydrogen (secondary N) is 2. The standard InChI is InChI=1S/C23H22F4N8O/c1-14-11-19(31-30-14)28-21-18-3-2-6-35(18)32-22(29-21)34-9-7-33(8-10-34)20(36)12-15-4-5-16(24)13-17(15)23(25,26)27/h2-6,11,13H,7-10,12H2,1H3,(H2,28,29,30,31,32). The van der Waals surface area contributed by atoms with E-state index in [0.29, 0.717) is 36.7 Å². The minimum absolute atomic E-state index is 0.248. The van der Waals surface area contributed by atoms with E-state index in [1.807, 2.05) is 30.0 Å². The number of nitrogens with zero attached hydrogens (tertiary/aromatic N) is 6. The first kappa shape index (κ1) is 23.6. The first-order valence-corrected chi connectivity index (χ1v) is 11.2. The van der Waals surface area contributed by atoms with Crippen molar-refractivity contribution >= 4 is 29.0 Å². The molecule has 0 spiro atoms. The van der Waals surface area contributed by atoms with E-state index in [0.717, 1.165) is 23.3 Å². The summed E-state index contributed by atoms with van der Waals surface area (Å²) in [5.74, 6) is 0.159. The number of amides is 1. The number of aromatic nitrogens is 5. The summed E-state index contributed by atoms with van der Waals surface area (Å²) >= 11 is 0. The molecule has 188 valence electrons. The molecular weight excluding hydrogens is 480 g/mol. The molecule has 36 heavy (non-hydrogen) atoms. The number of anilines is 3. The summed E-state index contributed by atoms with van der Waals surface area (Å²) in [4.78, 5) is 20.8. The van der Waals surface area contributed by atoms with Crippen LogP contribution in [0.1, 0.15) is 16.8 Å². The van der Waals surface area contributed by atoms with Crippen LogP contribution in [0.15, 0.2) is 42.6 Å². The zero-order valence-corrected chi connectivity index (χ0v) is 19.2. The molecule has 13 heteroatoms. The Morgan fingerprint density at radius 2 is 1.92 bits per heavy atom. The largest absolute Gasteiger partial charge is 0.416 e. The molecule has 9 nitrogen and oxygen atoms in total. The number of halogens is 4. The van der Waals surface area contributed by atoms with E-state index in [4.69, 9.17) is 0 Å². The SMILES string of the molecule is Cc1cc(Nc2nc(N3CCN(C(=O)Cc4ccc(F)cc4C(F)(F)F)CC3)nn3cccc23)n[nH]1. The molecule has 1 fully saturated rings. The molecule has 0 radical (unpaired) electrons. The topological polar surface area (TPSA) is 94.5 Å². The summed E-state index contributed by atoms with van der Waals surface area (Å²) in [7, 11) is 0. The lowest BCUT2D eigenvalue weighted by Gasteiger charge is -2.35. The zero-order valence-electron chi connectivity index (χ0n) is 19.2. The Morgan fingerprint density at radius 3 is 2.61 bits per heavy atom. The summed E-state index contributed by atoms with van der Waals surface area (Å²) in [6.07, 6.45) is -3.41. The quantitative estimate of drug-likeness (QED) is 0.406. The van der Waals surface area contributed by atoms with Gasteiger partial charge in [0.05, 0.1) is 12.0 Å². The van der Waals surface area contributed by atoms with E-state index in [1.165, 1.54) is 4.90 Å². The van der Waals surface area contributed by atoms with Crippen LogP contribution >= 0.6 is 0 Å². The van der Waals surface area contributed by atoms with Gasteiger partial charge in [-0.3, -0.25) is 9.89 Å². The van der Waals surface area contributed by atoms with Gasteiger partial charge in [-0.05, 0) is 36.8 Å². The predicted molar refractivity (Wildman–Crippen MR) is 123 cm³/mol. The second-order valence-corrected chi connectivity index (χ2v) is 8.50. The van der Waals surface area contributed by atoms with Crippen LogP contribution in [0.2, 0.25) is 0 Å². The first-order chi connectivity index (χ1) is 17.2. The molecule has 2 N–H and O–H groups in total. The fourth-order valence-electron chi connectivity index (χ4n) is 4.15. The van der Waals surface area contributed by atoms with E-state index in [1.54, 1.807) is 10.7 Å². The van der Waals surface area contributed by atoms with Crippen molar-refractivity contribution in [1.29, 1.82) is 0 Å². The Bertz CT molecular complexity index is 1400. The summed E-state index contributed by atoms with van der Waals surface area (Å²) in [5.41, 5.74) is 0.270. The Kier molecular flexibility index (Phi) is 5.98. The summed E-state index contributed by atoms with van der Waals surface area (Å²) in [6.45, 7) is 3.26. The van der Waals surface area contributed by atoms with Gasteiger partial charge in [-0.15, -0.1) is 5.10 Å². The molecule has 1 amide bonds. The molecule has 0 unspecified atom stereocenters. The lowest BCUT2D eigenvalue weighted by Crippen LogP contribution is -2.49. The molecule has 5 rings (SSSR count). The summed E-state index contributed by atoms with van der Waals surface area (Å²) < 4.78 is 54.9. The third-order valence-electron chi connectivity index (χ3n) is 5.97. The van der Waals surface area contributed by atoms with Crippen LogP contribution in [0.5, 0.6) is 0 Å². The average molecular weight is 502 g/mol. The van der Waals surface area contributed by atoms with Crippen LogP contribution in [0.3, 0.4) is 0 Å². The van der Waals surface area contributed by atoms with Crippen molar-refractivity contribution in [1.82, 2.24) is 29.7 Å². The average Bonchev–Trinajstić information content (AvgIpc) is 3.48. The number of aryl methyl sites for hydroxylation is 1. The number of H-pyrrole nitrogens is 1. The number of aromatic amines is 1. The van der Waals surface area contributed by atoms with Crippen LogP contribution in [0, 0.1) is 12.7 Å². The molecule has 0 saturated carbocycles. The highest BCUT2D eigenvalue weighted by Gasteiger charge is 2.35. The fraction of sp³-hybridized carbons (Fsp3) is 0.304. The van der Waals surface area contributed by atoms with Gasteiger partial charge in [-0.1, -0.05) is 6.07 Å². The minimum atomic E-state index is -4.74. The molecule has 1 aliphatic heterocycles. The molecule has 0 atom stereocenters. The van der Waals surface area contributed by atoms with E-state index in [-0.39, 0.29) is 18.7 Å². The Labute approximate surface area is 202 Å². The molecule has 1 aromatic carbocycles. The van der Waals surface area contributed by atoms with Crippen molar-refractivity contribution in [2.75, 3.05) is 36.4 Å². The van der Waals surface area contributed by atoms with Crippen molar-refractivity contribution in [3.63, 3.8) is 0 Å². The van der Waals surface area contributed by atoms with Gasteiger partial charge in [-0.25, -0.2) is 8.91 Å². The molecule has 1 aliphatic rings. The third-order valence-corrected chi connectivity index (χ3v) is 5.97. The Hall–Kier alpha value is -4.16. The van der Waals surface area contributed by atoms with Crippen LogP contribution in [-0.4, -0.2) is 61.8 Å². The smallest absolute Gasteiger partial charge is 0.339 e. The van der Waals surface area contributed by atoms with Gasteiger partial charge in [-0.2, -0.15) is 23.3 Å². The Morgan fingerprint density at radius 1 is 1.14 bits per heavy atom. The van der Waals surface area contributed by atoms with E-state index in [9.17, 15) is 22.4 Å². The van der Waals surface area contributed by atoms with E-state index < -0.39 is 29.9 Å². The van der Waals surface area contributed by atoms with Gasteiger partial charge in [0.15, 0.2) is 11.6 Å². The second-order valence-electron chi connectivity index (χ2n) is 8.50.